The molecule has 0 unspecified atom stereocenters. The van der Waals surface area contributed by atoms with Crippen molar-refractivity contribution >= 4 is 51.6 Å². The van der Waals surface area contributed by atoms with Gasteiger partial charge >= 0.3 is 11.8 Å². The van der Waals surface area contributed by atoms with Gasteiger partial charge < -0.3 is 69.1 Å². The fraction of sp³-hybridized carbons (Fsp3) is 0.500. The number of amides is 1. The number of carbonyl (C=O) groups is 5. The summed E-state index contributed by atoms with van der Waals surface area (Å²) in [6.07, 6.45) is 7.33. The van der Waals surface area contributed by atoms with Crippen LogP contribution in [0.4, 0.5) is 10.1 Å². The molecular formula is C60H72FN5O15. The molecule has 3 aromatic rings. The van der Waals surface area contributed by atoms with Crippen molar-refractivity contribution in [1.82, 2.24) is 20.1 Å². The summed E-state index contributed by atoms with van der Waals surface area (Å²) >= 11 is 0. The molecule has 3 fully saturated rings. The van der Waals surface area contributed by atoms with E-state index in [-0.39, 0.29) is 81.7 Å². The van der Waals surface area contributed by atoms with E-state index in [2.05, 4.69) is 17.2 Å². The van der Waals surface area contributed by atoms with Crippen LogP contribution in [0, 0.1) is 36.4 Å². The Labute approximate surface area is 468 Å². The first-order valence-corrected chi connectivity index (χ1v) is 27.5. The number of piperidine rings is 1. The standard InChI is InChI=1S/C60H72FN5O15/c1-27-13-12-14-28(2)59(76)63-45-48(64-20-17-35(18-21-64)62-36-24-65(25-36)47-40(61)23-38-46(57(47)78-11)66(37-15-16-37)26-39(33(7)67)52(38)72)54(74)42-43(53(45)73)51(71)32(6)56-44(42)58(75)60(9,81-56)79-22-19-41(77-10)29(3)55(80-34(8)68)31(5)50(70)30(4)49(27)69/h12-14,19,22-23,26-27,29-31,35-37,41,49-50,55,62,67,69-71H,7,15-18,20-21,24-25H2,1-6,8-11H3,(H,63,76)/b13-12+,22-19+,28-14-/t27-,29+,30+,31+,41-,49-,50+,55+,60-/m0/s1. The second-order valence-corrected chi connectivity index (χ2v) is 22.6. The number of methoxy groups -OCH3 is 2. The van der Waals surface area contributed by atoms with Crippen LogP contribution in [0.15, 0.2) is 71.2 Å². The summed E-state index contributed by atoms with van der Waals surface area (Å²) in [5.41, 5.74) is -1.67. The quantitative estimate of drug-likeness (QED) is 0.102. The van der Waals surface area contributed by atoms with Gasteiger partial charge in [0.1, 0.15) is 40.4 Å². The lowest BCUT2D eigenvalue weighted by Crippen LogP contribution is -2.61. The number of fused-ring (bicyclic) bond motifs is 15. The molecule has 0 radical (unpaired) electrons. The van der Waals surface area contributed by atoms with Gasteiger partial charge in [0.05, 0.1) is 64.8 Å². The third-order valence-corrected chi connectivity index (χ3v) is 17.1. The number of aliphatic hydroxyl groups is 3. The maximum absolute atomic E-state index is 16.2. The zero-order chi connectivity index (χ0) is 58.8. The average Bonchev–Trinajstić information content (AvgIpc) is 4.33. The Balaban J connectivity index is 1.01. The Morgan fingerprint density at radius 3 is 2.20 bits per heavy atom. The van der Waals surface area contributed by atoms with Gasteiger partial charge in [0.15, 0.2) is 11.6 Å². The van der Waals surface area contributed by atoms with Crippen LogP contribution in [0.3, 0.4) is 0 Å². The lowest BCUT2D eigenvalue weighted by Gasteiger charge is -2.45. The van der Waals surface area contributed by atoms with Crippen molar-refractivity contribution in [2.24, 2.45) is 23.7 Å². The lowest BCUT2D eigenvalue weighted by atomic mass is 9.78. The van der Waals surface area contributed by atoms with Gasteiger partial charge in [-0.05, 0) is 51.7 Å². The molecule has 1 saturated carbocycles. The molecule has 6 heterocycles. The number of ether oxygens (including phenoxy) is 5. The highest BCUT2D eigenvalue weighted by Gasteiger charge is 2.53. The van der Waals surface area contributed by atoms with Crippen LogP contribution in [0.1, 0.15) is 122 Å². The fourth-order valence-corrected chi connectivity index (χ4v) is 12.1. The Hall–Kier alpha value is -7.33. The number of anilines is 1. The molecule has 5 bridgehead atoms. The molecule has 2 aliphatic carbocycles. The Morgan fingerprint density at radius 2 is 1.58 bits per heavy atom. The predicted octanol–water partition coefficient (Wildman–Crippen LogP) is 6.23. The Morgan fingerprint density at radius 1 is 0.901 bits per heavy atom. The number of aliphatic hydroxyl groups excluding tert-OH is 3. The summed E-state index contributed by atoms with van der Waals surface area (Å²) in [5.74, 6) is -10.5. The van der Waals surface area contributed by atoms with Crippen molar-refractivity contribution < 1.29 is 72.5 Å². The van der Waals surface area contributed by atoms with E-state index >= 15 is 14.0 Å². The minimum absolute atomic E-state index is 0.0103. The van der Waals surface area contributed by atoms with Crippen LogP contribution in [0.5, 0.6) is 17.2 Å². The maximum Gasteiger partial charge on any atom is 0.312 e. The number of hydrogen-bond acceptors (Lipinski definition) is 18. The Kier molecular flexibility index (Phi) is 16.2. The van der Waals surface area contributed by atoms with Gasteiger partial charge in [0.2, 0.25) is 17.0 Å². The smallest absolute Gasteiger partial charge is 0.312 e. The van der Waals surface area contributed by atoms with E-state index < -0.39 is 123 Å². The zero-order valence-corrected chi connectivity index (χ0v) is 47.3. The number of Topliss-reactive ketones (excluding diaryl/α,β-unsaturated/α-hetero) is 3. The number of aromatic hydroxyl groups is 1. The number of allylic oxidation sites excluding steroid dienone is 4. The Bertz CT molecular complexity index is 3310. The van der Waals surface area contributed by atoms with Crippen LogP contribution in [0.2, 0.25) is 0 Å². The van der Waals surface area contributed by atoms with Crippen molar-refractivity contribution in [3.05, 3.63) is 110 Å². The molecule has 2 aromatic carbocycles. The van der Waals surface area contributed by atoms with E-state index in [1.54, 1.807) is 50.9 Å². The number of nitrogens with zero attached hydrogens (tertiary/aromatic N) is 3. The largest absolute Gasteiger partial charge is 0.508 e. The highest BCUT2D eigenvalue weighted by atomic mass is 19.1. The molecule has 9 atom stereocenters. The van der Waals surface area contributed by atoms with Crippen molar-refractivity contribution in [3.8, 4) is 17.2 Å². The first-order valence-electron chi connectivity index (χ1n) is 27.5. The van der Waals surface area contributed by atoms with E-state index in [1.165, 1.54) is 66.4 Å². The molecule has 1 aromatic heterocycles. The first-order chi connectivity index (χ1) is 38.3. The second kappa shape index (κ2) is 22.5. The van der Waals surface area contributed by atoms with Crippen LogP contribution >= 0.6 is 0 Å². The summed E-state index contributed by atoms with van der Waals surface area (Å²) in [7, 11) is 2.84. The monoisotopic (exact) mass is 1120 g/mol. The number of rotatable bonds is 9. The van der Waals surface area contributed by atoms with Gasteiger partial charge in [-0.3, -0.25) is 28.8 Å². The number of aromatic nitrogens is 1. The number of phenolic OH excluding ortho intramolecular Hbond substituents is 1. The molecule has 2 saturated heterocycles. The molecule has 7 aliphatic rings. The summed E-state index contributed by atoms with van der Waals surface area (Å²) in [5, 5.41) is 51.6. The van der Waals surface area contributed by atoms with Crippen molar-refractivity contribution in [1.29, 1.82) is 0 Å². The number of ketones is 3. The number of benzene rings is 2. The molecule has 20 nitrogen and oxygen atoms in total. The number of pyridine rings is 1. The number of nitrogens with one attached hydrogen (secondary N) is 2. The second-order valence-electron chi connectivity index (χ2n) is 22.6. The molecule has 434 valence electrons. The highest BCUT2D eigenvalue weighted by Crippen LogP contribution is 2.50. The predicted molar refractivity (Wildman–Crippen MR) is 297 cm³/mol. The summed E-state index contributed by atoms with van der Waals surface area (Å²) in [6, 6.07) is 1.00. The number of esters is 1. The summed E-state index contributed by atoms with van der Waals surface area (Å²) < 4.78 is 47.7. The van der Waals surface area contributed by atoms with E-state index in [9.17, 15) is 39.6 Å². The molecule has 21 heteroatoms. The van der Waals surface area contributed by atoms with Gasteiger partial charge in [-0.15, -0.1) is 0 Å². The SMILES string of the molecule is C=C(O)c1cn(C2CC2)c2c(OC)c(N3CC(NC4CCN(C5=C6NC(=O)/C(C)=C\C=C\[C@H](C)[C@H](O)[C@@H](C)[C@@H](O)[C@@H](C)[C@H](OC(C)=O)[C@H](C)[C@@H](OC)/C=C/O[C@@]7(C)Oc8c(C)c(O)c(c(c8C7=O)C5=O)C6=O)CC4)C3)c(F)cc2c1=O. The van der Waals surface area contributed by atoms with Crippen molar-refractivity contribution in [2.75, 3.05) is 45.3 Å². The minimum Gasteiger partial charge on any atom is -0.508 e. The van der Waals surface area contributed by atoms with Crippen molar-refractivity contribution in [2.45, 2.75) is 129 Å². The van der Waals surface area contributed by atoms with E-state index in [0.29, 0.717) is 31.4 Å². The average molecular weight is 1120 g/mol. The molecular weight excluding hydrogens is 1050 g/mol. The maximum atomic E-state index is 16.2. The fourth-order valence-electron chi connectivity index (χ4n) is 12.1. The van der Waals surface area contributed by atoms with Gasteiger partial charge in [-0.1, -0.05) is 52.5 Å². The van der Waals surface area contributed by atoms with Crippen LogP contribution in [-0.4, -0.2) is 142 Å². The van der Waals surface area contributed by atoms with Crippen LogP contribution in [-0.2, 0) is 23.8 Å². The minimum atomic E-state index is -2.15. The summed E-state index contributed by atoms with van der Waals surface area (Å²) in [6.45, 7) is 17.0. The van der Waals surface area contributed by atoms with Crippen molar-refractivity contribution in [3.63, 3.8) is 0 Å². The van der Waals surface area contributed by atoms with Gasteiger partial charge in [-0.25, -0.2) is 4.39 Å². The van der Waals surface area contributed by atoms with E-state index in [1.807, 2.05) is 9.47 Å². The zero-order valence-electron chi connectivity index (χ0n) is 47.3. The molecule has 81 heavy (non-hydrogen) atoms. The van der Waals surface area contributed by atoms with Gasteiger partial charge in [0.25, 0.3) is 11.7 Å². The van der Waals surface area contributed by atoms with E-state index in [4.69, 9.17) is 23.7 Å². The highest BCUT2D eigenvalue weighted by molar-refractivity contribution is 6.32. The van der Waals surface area contributed by atoms with Crippen LogP contribution < -0.4 is 30.4 Å². The van der Waals surface area contributed by atoms with E-state index in [0.717, 1.165) is 12.8 Å². The van der Waals surface area contributed by atoms with Crippen LogP contribution in [0.25, 0.3) is 16.7 Å². The third-order valence-electron chi connectivity index (χ3n) is 17.1. The molecule has 10 rings (SSSR count). The molecule has 1 amide bonds. The first kappa shape index (κ1) is 58.3. The molecule has 5 aliphatic heterocycles. The van der Waals surface area contributed by atoms with Gasteiger partial charge in [-0.2, -0.15) is 0 Å². The number of halogens is 1. The van der Waals surface area contributed by atoms with Gasteiger partial charge in [0, 0.05) is 106 Å². The third kappa shape index (κ3) is 10.5. The number of phenols is 1. The normalized spacial score (nSPS) is 29.4. The number of likely N-dealkylation sites (tertiary alicyclic amines) is 1. The molecule has 6 N–H and O–H groups in total. The number of carbonyl (C=O) groups excluding carboxylic acids is 5. The summed E-state index contributed by atoms with van der Waals surface area (Å²) in [4.78, 5) is 88.8. The lowest BCUT2D eigenvalue weighted by molar-refractivity contribution is -0.160. The number of hydrogen-bond donors (Lipinski definition) is 6. The molecule has 0 spiro atoms. The topological polar surface area (TPSA) is 265 Å².